The maximum absolute atomic E-state index is 12.9. The second-order valence-electron chi connectivity index (χ2n) is 19.9. The molecule has 0 aliphatic rings. The summed E-state index contributed by atoms with van der Waals surface area (Å²) in [4.78, 5) is 38.3. The van der Waals surface area contributed by atoms with Gasteiger partial charge in [-0.05, 0) is 122 Å². The van der Waals surface area contributed by atoms with Crippen LogP contribution >= 0.6 is 0 Å². The first-order valence-electron chi connectivity index (χ1n) is 30.8. The van der Waals surface area contributed by atoms with Crippen LogP contribution in [-0.2, 0) is 28.6 Å². The second kappa shape index (κ2) is 62.8. The zero-order valence-corrected chi connectivity index (χ0v) is 49.0. The molecule has 0 amide bonds. The van der Waals surface area contributed by atoms with E-state index in [4.69, 9.17) is 14.2 Å². The fraction of sp³-hybridized carbons (Fsp3) is 0.614. The number of ether oxygens (including phenoxy) is 3. The van der Waals surface area contributed by atoms with Crippen molar-refractivity contribution in [3.05, 3.63) is 146 Å². The lowest BCUT2D eigenvalue weighted by molar-refractivity contribution is -0.167. The maximum atomic E-state index is 12.9. The Balaban J connectivity index is 4.51. The van der Waals surface area contributed by atoms with Crippen LogP contribution in [0.25, 0.3) is 0 Å². The highest BCUT2D eigenvalue weighted by Crippen LogP contribution is 2.15. The molecule has 6 heteroatoms. The fourth-order valence-electron chi connectivity index (χ4n) is 8.04. The number of allylic oxidation sites excluding steroid dienone is 24. The summed E-state index contributed by atoms with van der Waals surface area (Å²) in [6.45, 7) is 6.36. The van der Waals surface area contributed by atoms with Crippen LogP contribution in [0.15, 0.2) is 146 Å². The maximum Gasteiger partial charge on any atom is 0.306 e. The van der Waals surface area contributed by atoms with Gasteiger partial charge in [0.15, 0.2) is 6.10 Å². The third kappa shape index (κ3) is 60.2. The molecule has 0 N–H and O–H groups in total. The van der Waals surface area contributed by atoms with Crippen molar-refractivity contribution in [2.45, 2.75) is 264 Å². The predicted octanol–water partition coefficient (Wildman–Crippen LogP) is 21.2. The van der Waals surface area contributed by atoms with Crippen LogP contribution < -0.4 is 0 Å². The van der Waals surface area contributed by atoms with Crippen molar-refractivity contribution < 1.29 is 28.6 Å². The first kappa shape index (κ1) is 71.3. The summed E-state index contributed by atoms with van der Waals surface area (Å²) in [5.74, 6) is -0.974. The van der Waals surface area contributed by atoms with Crippen molar-refractivity contribution in [2.24, 2.45) is 0 Å². The number of unbranched alkanes of at least 4 members (excludes halogenated alkanes) is 19. The van der Waals surface area contributed by atoms with E-state index in [1.54, 1.807) is 0 Å². The molecule has 0 saturated carbocycles. The summed E-state index contributed by atoms with van der Waals surface area (Å²) in [5, 5.41) is 0. The van der Waals surface area contributed by atoms with Gasteiger partial charge < -0.3 is 14.2 Å². The van der Waals surface area contributed by atoms with E-state index < -0.39 is 6.10 Å². The number of carbonyl (C=O) groups excluding carboxylic acids is 3. The van der Waals surface area contributed by atoms with Crippen LogP contribution in [0.4, 0.5) is 0 Å². The molecular weight excluding hydrogens is 937 g/mol. The molecular formula is C70H112O6. The van der Waals surface area contributed by atoms with Gasteiger partial charge in [0.2, 0.25) is 0 Å². The van der Waals surface area contributed by atoms with Crippen LogP contribution in [0.5, 0.6) is 0 Å². The van der Waals surface area contributed by atoms with E-state index in [0.717, 1.165) is 141 Å². The van der Waals surface area contributed by atoms with Crippen molar-refractivity contribution in [1.82, 2.24) is 0 Å². The SMILES string of the molecule is CC/C=C\C/C=C\C/C=C\C/C=C\C/C=C\C/C=C\C/C=C\CCCCCC(=O)OCC(COC(=O)CCCCCCCCCCCCCCCC)OC(=O)CCCCC/C=C\C/C=C\C/C=C\C/C=C\C/C=C\CC. The highest BCUT2D eigenvalue weighted by Gasteiger charge is 2.19. The van der Waals surface area contributed by atoms with E-state index in [9.17, 15) is 14.4 Å². The molecule has 76 heavy (non-hydrogen) atoms. The van der Waals surface area contributed by atoms with E-state index in [-0.39, 0.29) is 37.5 Å². The lowest BCUT2D eigenvalue weighted by Gasteiger charge is -2.18. The van der Waals surface area contributed by atoms with E-state index >= 15 is 0 Å². The molecule has 0 aliphatic carbocycles. The quantitative estimate of drug-likeness (QED) is 0.0261. The monoisotopic (exact) mass is 1050 g/mol. The Kier molecular flexibility index (Phi) is 58.9. The van der Waals surface area contributed by atoms with Gasteiger partial charge in [-0.15, -0.1) is 0 Å². The Morgan fingerprint density at radius 2 is 0.513 bits per heavy atom. The average Bonchev–Trinajstić information content (AvgIpc) is 3.42. The minimum atomic E-state index is -0.815. The van der Waals surface area contributed by atoms with Gasteiger partial charge in [-0.3, -0.25) is 14.4 Å². The fourth-order valence-corrected chi connectivity index (χ4v) is 8.04. The van der Waals surface area contributed by atoms with E-state index in [1.165, 1.54) is 70.6 Å². The van der Waals surface area contributed by atoms with Gasteiger partial charge in [-0.1, -0.05) is 263 Å². The Hall–Kier alpha value is -4.71. The summed E-state index contributed by atoms with van der Waals surface area (Å²) < 4.78 is 16.9. The first-order chi connectivity index (χ1) is 37.5. The van der Waals surface area contributed by atoms with E-state index in [1.807, 2.05) is 0 Å². The molecule has 0 bridgehead atoms. The van der Waals surface area contributed by atoms with Crippen LogP contribution in [-0.4, -0.2) is 37.2 Å². The van der Waals surface area contributed by atoms with E-state index in [2.05, 4.69) is 167 Å². The number of rotatable bonds is 54. The predicted molar refractivity (Wildman–Crippen MR) is 329 cm³/mol. The molecule has 1 atom stereocenters. The number of hydrogen-bond acceptors (Lipinski definition) is 6. The molecule has 0 fully saturated rings. The highest BCUT2D eigenvalue weighted by atomic mass is 16.6. The number of esters is 3. The van der Waals surface area contributed by atoms with Gasteiger partial charge in [-0.25, -0.2) is 0 Å². The summed E-state index contributed by atoms with van der Waals surface area (Å²) in [5.41, 5.74) is 0. The normalized spacial score (nSPS) is 13.1. The largest absolute Gasteiger partial charge is 0.462 e. The standard InChI is InChI=1S/C70H112O6/c1-4-7-10-13-16-19-22-25-28-30-32-33-34-35-36-37-39-40-42-45-48-51-54-57-60-63-69(72)75-66-67(65-74-68(71)62-59-56-53-50-47-44-27-24-21-18-15-12-9-6-3)76-70(73)64-61-58-55-52-49-46-43-41-38-31-29-26-23-20-17-14-11-8-5-2/h7-8,10-11,16-17,19-20,25-26,28-29,32-33,35-36,38-41,45-46,48-49,67H,4-6,9,12-15,18,21-24,27,30-31,34,37,42-44,47,50-66H2,1-3H3/b10-7-,11-8-,19-16-,20-17-,28-25-,29-26-,33-32-,36-35-,40-39-,41-38-,48-45-,49-46-. The van der Waals surface area contributed by atoms with Gasteiger partial charge in [0, 0.05) is 19.3 Å². The smallest absolute Gasteiger partial charge is 0.306 e. The third-order valence-corrected chi connectivity index (χ3v) is 12.6. The molecule has 428 valence electrons. The Labute approximate surface area is 467 Å². The molecule has 0 spiro atoms. The summed E-state index contributed by atoms with van der Waals surface area (Å²) in [6.07, 6.45) is 89.8. The van der Waals surface area contributed by atoms with Gasteiger partial charge in [0.05, 0.1) is 0 Å². The van der Waals surface area contributed by atoms with Crippen LogP contribution in [0.3, 0.4) is 0 Å². The minimum Gasteiger partial charge on any atom is -0.462 e. The van der Waals surface area contributed by atoms with Gasteiger partial charge >= 0.3 is 17.9 Å². The van der Waals surface area contributed by atoms with E-state index in [0.29, 0.717) is 19.3 Å². The molecule has 6 nitrogen and oxygen atoms in total. The zero-order chi connectivity index (χ0) is 55.0. The molecule has 0 radical (unpaired) electrons. The summed E-state index contributed by atoms with van der Waals surface area (Å²) in [7, 11) is 0. The lowest BCUT2D eigenvalue weighted by atomic mass is 10.0. The lowest BCUT2D eigenvalue weighted by Crippen LogP contribution is -2.30. The molecule has 0 aliphatic heterocycles. The van der Waals surface area contributed by atoms with Crippen LogP contribution in [0.2, 0.25) is 0 Å². The van der Waals surface area contributed by atoms with Crippen molar-refractivity contribution in [3.8, 4) is 0 Å². The Morgan fingerprint density at radius 1 is 0.276 bits per heavy atom. The molecule has 0 aromatic rings. The van der Waals surface area contributed by atoms with Gasteiger partial charge in [0.25, 0.3) is 0 Å². The van der Waals surface area contributed by atoms with Crippen LogP contribution in [0, 0.1) is 0 Å². The zero-order valence-electron chi connectivity index (χ0n) is 49.0. The average molecular weight is 1050 g/mol. The van der Waals surface area contributed by atoms with Crippen LogP contribution in [0.1, 0.15) is 258 Å². The van der Waals surface area contributed by atoms with Crippen molar-refractivity contribution in [3.63, 3.8) is 0 Å². The summed E-state index contributed by atoms with van der Waals surface area (Å²) >= 11 is 0. The Bertz CT molecular complexity index is 1680. The Morgan fingerprint density at radius 3 is 0.803 bits per heavy atom. The molecule has 0 saturated heterocycles. The first-order valence-corrected chi connectivity index (χ1v) is 30.8. The second-order valence-corrected chi connectivity index (χ2v) is 19.9. The third-order valence-electron chi connectivity index (χ3n) is 12.6. The summed E-state index contributed by atoms with van der Waals surface area (Å²) in [6, 6.07) is 0. The molecule has 0 rings (SSSR count). The highest BCUT2D eigenvalue weighted by molar-refractivity contribution is 5.71. The molecule has 1 unspecified atom stereocenters. The molecule has 0 aromatic heterocycles. The molecule has 0 heterocycles. The number of hydrogen-bond donors (Lipinski definition) is 0. The number of carbonyl (C=O) groups is 3. The van der Waals surface area contributed by atoms with Gasteiger partial charge in [-0.2, -0.15) is 0 Å². The van der Waals surface area contributed by atoms with Crippen molar-refractivity contribution in [1.29, 1.82) is 0 Å². The molecule has 0 aromatic carbocycles. The van der Waals surface area contributed by atoms with Crippen molar-refractivity contribution >= 4 is 17.9 Å². The minimum absolute atomic E-state index is 0.106. The van der Waals surface area contributed by atoms with Gasteiger partial charge in [0.1, 0.15) is 13.2 Å². The van der Waals surface area contributed by atoms with Crippen molar-refractivity contribution in [2.75, 3.05) is 13.2 Å². The topological polar surface area (TPSA) is 78.9 Å².